The van der Waals surface area contributed by atoms with Gasteiger partial charge in [0.15, 0.2) is 0 Å². The van der Waals surface area contributed by atoms with E-state index in [0.29, 0.717) is 24.5 Å². The van der Waals surface area contributed by atoms with Crippen LogP contribution in [0.2, 0.25) is 0 Å². The molecule has 6 nitrogen and oxygen atoms in total. The van der Waals surface area contributed by atoms with Gasteiger partial charge in [0.05, 0.1) is 19.0 Å². The van der Waals surface area contributed by atoms with Gasteiger partial charge in [0.1, 0.15) is 6.61 Å². The second kappa shape index (κ2) is 8.22. The zero-order valence-corrected chi connectivity index (χ0v) is 13.4. The fourth-order valence-corrected chi connectivity index (χ4v) is 3.93. The maximum absolute atomic E-state index is 11.2. The van der Waals surface area contributed by atoms with Crippen molar-refractivity contribution in [1.82, 2.24) is 9.97 Å². The highest BCUT2D eigenvalue weighted by molar-refractivity contribution is 7.58. The largest absolute Gasteiger partial charge is 0.475 e. The summed E-state index contributed by atoms with van der Waals surface area (Å²) in [6, 6.07) is 1.27. The van der Waals surface area contributed by atoms with Crippen molar-refractivity contribution in [2.75, 3.05) is 25.3 Å². The van der Waals surface area contributed by atoms with Gasteiger partial charge in [-0.1, -0.05) is 35.6 Å². The van der Waals surface area contributed by atoms with Crippen molar-refractivity contribution in [3.63, 3.8) is 0 Å². The smallest absolute Gasteiger partial charge is 0.256 e. The van der Waals surface area contributed by atoms with E-state index in [1.807, 2.05) is 0 Å². The zero-order chi connectivity index (χ0) is 15.1. The van der Waals surface area contributed by atoms with Crippen molar-refractivity contribution in [2.45, 2.75) is 39.0 Å². The van der Waals surface area contributed by atoms with Gasteiger partial charge in [0, 0.05) is 0 Å². The van der Waals surface area contributed by atoms with E-state index in [4.69, 9.17) is 15.2 Å². The molecule has 0 bridgehead atoms. The van der Waals surface area contributed by atoms with Crippen LogP contribution in [0.1, 0.15) is 27.7 Å². The maximum atomic E-state index is 11.2. The molecule has 1 aromatic heterocycles. The molecule has 0 spiro atoms. The molecule has 20 heavy (non-hydrogen) atoms. The molecule has 0 aromatic carbocycles. The number of H-pyrrole nitrogens is 1. The summed E-state index contributed by atoms with van der Waals surface area (Å²) in [5, 5.41) is 0. The van der Waals surface area contributed by atoms with Crippen LogP contribution in [-0.2, 0) is 4.74 Å². The van der Waals surface area contributed by atoms with Crippen LogP contribution in [0, 0.1) is 0 Å². The molecule has 0 aliphatic rings. The molecule has 3 N–H and O–H groups in total. The van der Waals surface area contributed by atoms with Crippen molar-refractivity contribution in [1.29, 1.82) is 0 Å². The van der Waals surface area contributed by atoms with Gasteiger partial charge < -0.3 is 15.2 Å². The molecule has 0 amide bonds. The standard InChI is InChI=1S/C13H24N3O3P/c1-9(2)20(10(3)4)8-18-5-6-19-12-7-11(17)15-13(14)16-12/h7,9-10H,5-6,8H2,1-4H3,(H3,14,15,16,17). The van der Waals surface area contributed by atoms with Gasteiger partial charge in [-0.15, -0.1) is 0 Å². The van der Waals surface area contributed by atoms with Gasteiger partial charge >= 0.3 is 0 Å². The van der Waals surface area contributed by atoms with Crippen LogP contribution in [0.4, 0.5) is 5.95 Å². The summed E-state index contributed by atoms with van der Waals surface area (Å²) in [7, 11) is -0.128. The number of nitrogen functional groups attached to an aromatic ring is 1. The van der Waals surface area contributed by atoms with Crippen LogP contribution in [0.3, 0.4) is 0 Å². The molecule has 0 aliphatic heterocycles. The quantitative estimate of drug-likeness (QED) is 0.566. The minimum absolute atomic E-state index is 0.0524. The first-order chi connectivity index (χ1) is 9.40. The predicted molar refractivity (Wildman–Crippen MR) is 82.8 cm³/mol. The molecule has 114 valence electrons. The Balaban J connectivity index is 2.29. The van der Waals surface area contributed by atoms with Crippen molar-refractivity contribution in [3.8, 4) is 5.88 Å². The fraction of sp³-hybridized carbons (Fsp3) is 0.692. The van der Waals surface area contributed by atoms with Crippen LogP contribution in [-0.4, -0.2) is 40.8 Å². The molecule has 0 saturated heterocycles. The number of hydrogen-bond acceptors (Lipinski definition) is 5. The predicted octanol–water partition coefficient (Wildman–Crippen LogP) is 2.00. The van der Waals surface area contributed by atoms with E-state index in [1.54, 1.807) is 0 Å². The van der Waals surface area contributed by atoms with Crippen molar-refractivity contribution >= 4 is 13.9 Å². The Labute approximate surface area is 120 Å². The Hall–Kier alpha value is -1.13. The summed E-state index contributed by atoms with van der Waals surface area (Å²) in [5.74, 6) is 0.279. The monoisotopic (exact) mass is 301 g/mol. The Morgan fingerprint density at radius 1 is 1.30 bits per heavy atom. The van der Waals surface area contributed by atoms with E-state index in [9.17, 15) is 4.79 Å². The highest BCUT2D eigenvalue weighted by Gasteiger charge is 2.16. The van der Waals surface area contributed by atoms with E-state index in [0.717, 1.165) is 6.35 Å². The molecule has 7 heteroatoms. The summed E-state index contributed by atoms with van der Waals surface area (Å²) in [6.45, 7) is 9.76. The third kappa shape index (κ3) is 5.88. The molecule has 0 aliphatic carbocycles. The van der Waals surface area contributed by atoms with E-state index in [1.165, 1.54) is 6.07 Å². The van der Waals surface area contributed by atoms with E-state index >= 15 is 0 Å². The van der Waals surface area contributed by atoms with E-state index in [2.05, 4.69) is 37.7 Å². The minimum atomic E-state index is -0.323. The number of nitrogens with one attached hydrogen (secondary N) is 1. The highest BCUT2D eigenvalue weighted by atomic mass is 31.1. The molecular formula is C13H24N3O3P. The van der Waals surface area contributed by atoms with Crippen LogP contribution < -0.4 is 16.0 Å². The van der Waals surface area contributed by atoms with Gasteiger partial charge in [-0.3, -0.25) is 9.78 Å². The van der Waals surface area contributed by atoms with Crippen LogP contribution >= 0.6 is 7.92 Å². The summed E-state index contributed by atoms with van der Waals surface area (Å²) in [5.41, 5.74) is 6.40. The Morgan fingerprint density at radius 3 is 2.50 bits per heavy atom. The van der Waals surface area contributed by atoms with Crippen LogP contribution in [0.25, 0.3) is 0 Å². The normalized spacial score (nSPS) is 11.6. The Bertz CT molecular complexity index is 454. The number of nitrogens with two attached hydrogens (primary N) is 1. The second-order valence-electron chi connectivity index (χ2n) is 5.06. The molecule has 0 radical (unpaired) electrons. The minimum Gasteiger partial charge on any atom is -0.475 e. The second-order valence-corrected chi connectivity index (χ2v) is 8.41. The van der Waals surface area contributed by atoms with Crippen LogP contribution in [0.15, 0.2) is 10.9 Å². The molecular weight excluding hydrogens is 277 g/mol. The highest BCUT2D eigenvalue weighted by Crippen LogP contribution is 2.45. The molecule has 0 atom stereocenters. The third-order valence-electron chi connectivity index (χ3n) is 2.78. The molecule has 1 aromatic rings. The maximum Gasteiger partial charge on any atom is 0.256 e. The average molecular weight is 301 g/mol. The Morgan fingerprint density at radius 2 is 1.95 bits per heavy atom. The molecule has 0 unspecified atom stereocenters. The van der Waals surface area contributed by atoms with E-state index in [-0.39, 0.29) is 25.3 Å². The first-order valence-corrected chi connectivity index (χ1v) is 8.39. The number of rotatable bonds is 8. The number of aromatic amines is 1. The number of nitrogens with zero attached hydrogens (tertiary/aromatic N) is 1. The lowest BCUT2D eigenvalue weighted by Gasteiger charge is -2.25. The number of ether oxygens (including phenoxy) is 2. The zero-order valence-electron chi connectivity index (χ0n) is 12.5. The summed E-state index contributed by atoms with van der Waals surface area (Å²) in [4.78, 5) is 17.4. The summed E-state index contributed by atoms with van der Waals surface area (Å²) >= 11 is 0. The lowest BCUT2D eigenvalue weighted by atomic mass is 10.5. The van der Waals surface area contributed by atoms with Gasteiger partial charge in [0.25, 0.3) is 5.56 Å². The van der Waals surface area contributed by atoms with Gasteiger partial charge in [-0.25, -0.2) is 0 Å². The van der Waals surface area contributed by atoms with Gasteiger partial charge in [-0.05, 0) is 11.3 Å². The van der Waals surface area contributed by atoms with Crippen LogP contribution in [0.5, 0.6) is 5.88 Å². The van der Waals surface area contributed by atoms with Gasteiger partial charge in [0.2, 0.25) is 11.8 Å². The van der Waals surface area contributed by atoms with Crippen molar-refractivity contribution in [3.05, 3.63) is 16.4 Å². The molecule has 0 fully saturated rings. The molecule has 0 saturated carbocycles. The summed E-state index contributed by atoms with van der Waals surface area (Å²) < 4.78 is 11.0. The van der Waals surface area contributed by atoms with Crippen molar-refractivity contribution < 1.29 is 9.47 Å². The first-order valence-electron chi connectivity index (χ1n) is 6.73. The molecule has 1 heterocycles. The fourth-order valence-electron chi connectivity index (χ4n) is 1.80. The molecule has 1 rings (SSSR count). The lowest BCUT2D eigenvalue weighted by molar-refractivity contribution is 0.130. The van der Waals surface area contributed by atoms with Gasteiger partial charge in [-0.2, -0.15) is 4.98 Å². The average Bonchev–Trinajstić information content (AvgIpc) is 2.31. The first kappa shape index (κ1) is 16.9. The SMILES string of the molecule is CC(C)P(COCCOc1cc(=O)[nH]c(N)n1)C(C)C. The Kier molecular flexibility index (Phi) is 6.96. The number of hydrogen-bond donors (Lipinski definition) is 2. The lowest BCUT2D eigenvalue weighted by Crippen LogP contribution is -2.15. The number of anilines is 1. The third-order valence-corrected chi connectivity index (χ3v) is 5.91. The number of aromatic nitrogens is 2. The van der Waals surface area contributed by atoms with Crippen molar-refractivity contribution in [2.24, 2.45) is 0 Å². The topological polar surface area (TPSA) is 90.2 Å². The summed E-state index contributed by atoms with van der Waals surface area (Å²) in [6.07, 6.45) is 0.777. The van der Waals surface area contributed by atoms with E-state index < -0.39 is 0 Å².